The Labute approximate surface area is 188 Å². The Balaban J connectivity index is 1.46. The molecule has 0 saturated heterocycles. The molecule has 4 aromatic rings. The molecule has 4 rings (SSSR count). The van der Waals surface area contributed by atoms with Crippen LogP contribution in [0.5, 0.6) is 0 Å². The van der Waals surface area contributed by atoms with Crippen molar-refractivity contribution in [3.63, 3.8) is 0 Å². The zero-order valence-corrected chi connectivity index (χ0v) is 18.7. The lowest BCUT2D eigenvalue weighted by atomic mass is 10.2. The Morgan fingerprint density at radius 2 is 1.62 bits per heavy atom. The van der Waals surface area contributed by atoms with Crippen molar-refractivity contribution in [1.29, 1.82) is 0 Å². The third-order valence-electron chi connectivity index (χ3n) is 5.16. The van der Waals surface area contributed by atoms with Gasteiger partial charge in [-0.2, -0.15) is 4.31 Å². The Bertz CT molecular complexity index is 1160. The molecule has 2 aromatic carbocycles. The van der Waals surface area contributed by atoms with Gasteiger partial charge in [0.05, 0.1) is 17.8 Å². The van der Waals surface area contributed by atoms with Crippen molar-refractivity contribution in [2.45, 2.75) is 31.1 Å². The van der Waals surface area contributed by atoms with Gasteiger partial charge in [-0.3, -0.25) is 4.90 Å². The number of rotatable bonds is 10. The van der Waals surface area contributed by atoms with Gasteiger partial charge in [0.1, 0.15) is 5.82 Å². The Kier molecular flexibility index (Phi) is 6.79. The van der Waals surface area contributed by atoms with Gasteiger partial charge in [0.15, 0.2) is 0 Å². The molecular weight excluding hydrogens is 424 g/mol. The van der Waals surface area contributed by atoms with E-state index in [9.17, 15) is 8.42 Å². The Morgan fingerprint density at radius 3 is 2.28 bits per heavy atom. The highest BCUT2D eigenvalue weighted by molar-refractivity contribution is 7.89. The highest BCUT2D eigenvalue weighted by atomic mass is 32.2. The third kappa shape index (κ3) is 5.50. The summed E-state index contributed by atoms with van der Waals surface area (Å²) in [7, 11) is -1.97. The van der Waals surface area contributed by atoms with Crippen LogP contribution < -0.4 is 0 Å². The summed E-state index contributed by atoms with van der Waals surface area (Å²) in [6.45, 7) is 2.26. The molecule has 2 aromatic heterocycles. The molecule has 166 valence electrons. The molecule has 0 unspecified atom stereocenters. The molecule has 0 saturated carbocycles. The number of hydrogen-bond donors (Lipinski definition) is 2. The number of nitrogens with one attached hydrogen (secondary N) is 2. The molecule has 9 heteroatoms. The molecule has 32 heavy (non-hydrogen) atoms. The first kappa shape index (κ1) is 21.9. The van der Waals surface area contributed by atoms with Gasteiger partial charge in [0, 0.05) is 51.0 Å². The fraction of sp³-hybridized carbons (Fsp3) is 0.217. The van der Waals surface area contributed by atoms with Gasteiger partial charge in [-0.15, -0.1) is 0 Å². The van der Waals surface area contributed by atoms with Crippen molar-refractivity contribution >= 4 is 10.0 Å². The number of sulfonamides is 1. The van der Waals surface area contributed by atoms with E-state index < -0.39 is 10.0 Å². The van der Waals surface area contributed by atoms with Gasteiger partial charge in [0.2, 0.25) is 10.0 Å². The lowest BCUT2D eigenvalue weighted by Crippen LogP contribution is -2.26. The number of benzene rings is 2. The molecule has 0 atom stereocenters. The predicted octanol–water partition coefficient (Wildman–Crippen LogP) is 3.16. The maximum Gasteiger partial charge on any atom is 0.243 e. The van der Waals surface area contributed by atoms with Gasteiger partial charge in [0.25, 0.3) is 0 Å². The molecule has 0 aliphatic rings. The van der Waals surface area contributed by atoms with Crippen molar-refractivity contribution in [1.82, 2.24) is 29.1 Å². The van der Waals surface area contributed by atoms with E-state index in [4.69, 9.17) is 0 Å². The molecule has 0 fully saturated rings. The van der Waals surface area contributed by atoms with Crippen LogP contribution in [-0.4, -0.2) is 44.6 Å². The van der Waals surface area contributed by atoms with Gasteiger partial charge >= 0.3 is 0 Å². The van der Waals surface area contributed by atoms with E-state index in [1.165, 1.54) is 4.31 Å². The lowest BCUT2D eigenvalue weighted by Gasteiger charge is -2.21. The second-order valence-corrected chi connectivity index (χ2v) is 9.69. The van der Waals surface area contributed by atoms with E-state index in [1.807, 2.05) is 42.5 Å². The zero-order valence-electron chi connectivity index (χ0n) is 17.8. The van der Waals surface area contributed by atoms with Crippen LogP contribution in [0, 0.1) is 0 Å². The third-order valence-corrected chi connectivity index (χ3v) is 6.98. The highest BCUT2D eigenvalue weighted by Crippen LogP contribution is 2.19. The van der Waals surface area contributed by atoms with Crippen molar-refractivity contribution < 1.29 is 8.42 Å². The standard InChI is InChI=1S/C23H26N6O2S/c1-28(14-19-5-3-2-4-6-19)32(30,31)22-9-7-20(8-10-22)15-29(16-21-13-24-18-27-21)17-23-25-11-12-26-23/h2-13,18H,14-17H2,1H3,(H,24,27)(H,25,26). The van der Waals surface area contributed by atoms with Crippen LogP contribution in [0.1, 0.15) is 22.6 Å². The molecule has 0 radical (unpaired) electrons. The minimum atomic E-state index is -3.57. The van der Waals surface area contributed by atoms with Crippen LogP contribution in [0.25, 0.3) is 0 Å². The fourth-order valence-corrected chi connectivity index (χ4v) is 4.67. The summed E-state index contributed by atoms with van der Waals surface area (Å²) in [5.41, 5.74) is 2.96. The summed E-state index contributed by atoms with van der Waals surface area (Å²) in [6.07, 6.45) is 6.99. The SMILES string of the molecule is CN(Cc1ccccc1)S(=O)(=O)c1ccc(CN(Cc2cnc[nH]2)Cc2ncc[nH]2)cc1. The molecule has 0 spiro atoms. The number of imidazole rings is 2. The number of aromatic nitrogens is 4. The van der Waals surface area contributed by atoms with E-state index in [0.29, 0.717) is 26.2 Å². The first-order chi connectivity index (χ1) is 15.5. The topological polar surface area (TPSA) is 98.0 Å². The Morgan fingerprint density at radius 1 is 0.875 bits per heavy atom. The summed E-state index contributed by atoms with van der Waals surface area (Å²) in [6, 6.07) is 16.6. The maximum absolute atomic E-state index is 13.0. The van der Waals surface area contributed by atoms with Gasteiger partial charge in [-0.25, -0.2) is 18.4 Å². The summed E-state index contributed by atoms with van der Waals surface area (Å²) >= 11 is 0. The number of aromatic amines is 2. The summed E-state index contributed by atoms with van der Waals surface area (Å²) < 4.78 is 27.3. The quantitative estimate of drug-likeness (QED) is 0.387. The van der Waals surface area contributed by atoms with Gasteiger partial charge in [-0.05, 0) is 23.3 Å². The smallest absolute Gasteiger partial charge is 0.243 e. The van der Waals surface area contributed by atoms with E-state index in [1.54, 1.807) is 44.1 Å². The average Bonchev–Trinajstić information content (AvgIpc) is 3.49. The van der Waals surface area contributed by atoms with Crippen molar-refractivity contribution in [3.05, 3.63) is 102 Å². The highest BCUT2D eigenvalue weighted by Gasteiger charge is 2.21. The molecule has 2 N–H and O–H groups in total. The largest absolute Gasteiger partial charge is 0.348 e. The second kappa shape index (κ2) is 9.90. The summed E-state index contributed by atoms with van der Waals surface area (Å²) in [5, 5.41) is 0. The molecule has 0 bridgehead atoms. The zero-order chi connectivity index (χ0) is 22.4. The first-order valence-electron chi connectivity index (χ1n) is 10.3. The average molecular weight is 451 g/mol. The van der Waals surface area contributed by atoms with Crippen molar-refractivity contribution in [2.24, 2.45) is 0 Å². The maximum atomic E-state index is 13.0. The second-order valence-electron chi connectivity index (χ2n) is 7.65. The summed E-state index contributed by atoms with van der Waals surface area (Å²) in [5.74, 6) is 0.867. The number of hydrogen-bond acceptors (Lipinski definition) is 5. The van der Waals surface area contributed by atoms with Crippen molar-refractivity contribution in [2.75, 3.05) is 7.05 Å². The van der Waals surface area contributed by atoms with Crippen molar-refractivity contribution in [3.8, 4) is 0 Å². The number of H-pyrrole nitrogens is 2. The van der Waals surface area contributed by atoms with Crippen LogP contribution in [0.3, 0.4) is 0 Å². The first-order valence-corrected chi connectivity index (χ1v) is 11.7. The van der Waals surface area contributed by atoms with Crippen LogP contribution in [0.2, 0.25) is 0 Å². The lowest BCUT2D eigenvalue weighted by molar-refractivity contribution is 0.239. The minimum Gasteiger partial charge on any atom is -0.348 e. The monoisotopic (exact) mass is 450 g/mol. The van der Waals surface area contributed by atoms with Gasteiger partial charge < -0.3 is 9.97 Å². The van der Waals surface area contributed by atoms with Crippen LogP contribution >= 0.6 is 0 Å². The molecule has 0 amide bonds. The minimum absolute atomic E-state index is 0.283. The van der Waals surface area contributed by atoms with E-state index >= 15 is 0 Å². The molecule has 8 nitrogen and oxygen atoms in total. The molecule has 2 heterocycles. The van der Waals surface area contributed by atoms with E-state index in [-0.39, 0.29) is 4.90 Å². The van der Waals surface area contributed by atoms with E-state index in [2.05, 4.69) is 24.8 Å². The Hall–Kier alpha value is -3.27. The van der Waals surface area contributed by atoms with Crippen LogP contribution in [0.4, 0.5) is 0 Å². The predicted molar refractivity (Wildman–Crippen MR) is 122 cm³/mol. The molecular formula is C23H26N6O2S. The normalized spacial score (nSPS) is 12.0. The summed E-state index contributed by atoms with van der Waals surface area (Å²) in [4.78, 5) is 17.2. The van der Waals surface area contributed by atoms with Gasteiger partial charge in [-0.1, -0.05) is 42.5 Å². The molecule has 0 aliphatic carbocycles. The number of nitrogens with zero attached hydrogens (tertiary/aromatic N) is 4. The van der Waals surface area contributed by atoms with E-state index in [0.717, 1.165) is 22.6 Å². The fourth-order valence-electron chi connectivity index (χ4n) is 3.51. The van der Waals surface area contributed by atoms with Crippen LogP contribution in [0.15, 0.2) is 84.4 Å². The molecule has 0 aliphatic heterocycles. The van der Waals surface area contributed by atoms with Crippen LogP contribution in [-0.2, 0) is 36.2 Å².